The molecule has 2 aromatic heterocycles. The number of carbonyl (C=O) groups excluding carboxylic acids is 1. The molecule has 0 saturated heterocycles. The van der Waals surface area contributed by atoms with Crippen LogP contribution in [-0.4, -0.2) is 41.9 Å². The molecule has 7 nitrogen and oxygen atoms in total. The monoisotopic (exact) mass is 561 g/mol. The van der Waals surface area contributed by atoms with E-state index in [0.29, 0.717) is 16.9 Å². The first-order chi connectivity index (χ1) is 18.8. The van der Waals surface area contributed by atoms with E-state index >= 15 is 0 Å². The Balaban J connectivity index is 1.73. The van der Waals surface area contributed by atoms with Crippen molar-refractivity contribution in [2.24, 2.45) is 0 Å². The first-order valence-electron chi connectivity index (χ1n) is 13.2. The first kappa shape index (κ1) is 29.2. The Morgan fingerprint density at radius 1 is 1.10 bits per heavy atom. The lowest BCUT2D eigenvalue weighted by Gasteiger charge is -2.37. The second kappa shape index (κ2) is 11.3. The number of aryl methyl sites for hydroxylation is 1. The molecule has 40 heavy (non-hydrogen) atoms. The van der Waals surface area contributed by atoms with Crippen LogP contribution in [0.15, 0.2) is 78.1 Å². The predicted molar refractivity (Wildman–Crippen MR) is 157 cm³/mol. The highest BCUT2D eigenvalue weighted by Gasteiger charge is 2.38. The fourth-order valence-electron chi connectivity index (χ4n) is 4.19. The van der Waals surface area contributed by atoms with Gasteiger partial charge in [-0.05, 0) is 73.1 Å². The lowest BCUT2D eigenvalue weighted by molar-refractivity contribution is 0.103. The van der Waals surface area contributed by atoms with Crippen molar-refractivity contribution < 1.29 is 18.3 Å². The predicted octanol–water partition coefficient (Wildman–Crippen LogP) is 6.33. The van der Waals surface area contributed by atoms with E-state index in [-0.39, 0.29) is 23.0 Å². The minimum atomic E-state index is -2.17. The van der Waals surface area contributed by atoms with Gasteiger partial charge < -0.3 is 18.3 Å². The van der Waals surface area contributed by atoms with Crippen LogP contribution in [0, 0.1) is 12.7 Å². The summed E-state index contributed by atoms with van der Waals surface area (Å²) in [7, 11) is -0.639. The highest BCUT2D eigenvalue weighted by Crippen LogP contribution is 2.37. The third-order valence-electron chi connectivity index (χ3n) is 7.65. The molecule has 1 atom stereocenters. The lowest BCUT2D eigenvalue weighted by Crippen LogP contribution is -2.43. The Labute approximate surface area is 235 Å². The summed E-state index contributed by atoms with van der Waals surface area (Å²) in [6, 6.07) is 13.8. The largest absolute Gasteiger partial charge is 0.495 e. The van der Waals surface area contributed by atoms with Gasteiger partial charge in [0.15, 0.2) is 14.1 Å². The van der Waals surface area contributed by atoms with Gasteiger partial charge in [-0.2, -0.15) is 0 Å². The molecule has 0 aliphatic heterocycles. The molecular weight excluding hydrogens is 525 g/mol. The number of aromatic nitrogens is 3. The van der Waals surface area contributed by atoms with Crippen molar-refractivity contribution in [1.29, 1.82) is 0 Å². The number of methoxy groups -OCH3 is 1. The molecule has 210 valence electrons. The lowest BCUT2D eigenvalue weighted by atomic mass is 10.0. The molecule has 0 spiro atoms. The van der Waals surface area contributed by atoms with Gasteiger partial charge in [0.05, 0.1) is 43.0 Å². The van der Waals surface area contributed by atoms with Crippen LogP contribution in [0.1, 0.15) is 54.0 Å². The molecule has 2 heterocycles. The van der Waals surface area contributed by atoms with Gasteiger partial charge >= 0.3 is 0 Å². The van der Waals surface area contributed by atoms with E-state index in [2.05, 4.69) is 38.8 Å². The maximum atomic E-state index is 13.8. The van der Waals surface area contributed by atoms with Gasteiger partial charge in [-0.15, -0.1) is 0 Å². The van der Waals surface area contributed by atoms with Crippen LogP contribution in [0.3, 0.4) is 0 Å². The molecule has 0 amide bonds. The van der Waals surface area contributed by atoms with Crippen LogP contribution in [-0.2, 0) is 4.43 Å². The Bertz CT molecular complexity index is 1570. The third-order valence-corrected chi connectivity index (χ3v) is 12.2. The Morgan fingerprint density at radius 3 is 2.40 bits per heavy atom. The quantitative estimate of drug-likeness (QED) is 0.176. The van der Waals surface area contributed by atoms with Crippen molar-refractivity contribution in [2.45, 2.75) is 51.9 Å². The molecule has 0 aliphatic carbocycles. The van der Waals surface area contributed by atoms with E-state index in [9.17, 15) is 14.0 Å². The number of ether oxygens (including phenoxy) is 1. The number of ketones is 1. The van der Waals surface area contributed by atoms with Gasteiger partial charge in [-0.25, -0.2) is 9.37 Å². The number of rotatable bonds is 9. The molecule has 9 heteroatoms. The van der Waals surface area contributed by atoms with E-state index in [1.165, 1.54) is 29.9 Å². The van der Waals surface area contributed by atoms with Crippen LogP contribution >= 0.6 is 0 Å². The highest BCUT2D eigenvalue weighted by atomic mass is 28.4. The number of pyridine rings is 1. The molecule has 0 radical (unpaired) electrons. The van der Waals surface area contributed by atoms with E-state index in [1.54, 1.807) is 48.9 Å². The summed E-state index contributed by atoms with van der Waals surface area (Å²) in [4.78, 5) is 31.7. The molecule has 4 aromatic rings. The summed E-state index contributed by atoms with van der Waals surface area (Å²) < 4.78 is 29.1. The molecule has 0 bridgehead atoms. The van der Waals surface area contributed by atoms with E-state index < -0.39 is 25.7 Å². The number of benzene rings is 2. The zero-order valence-electron chi connectivity index (χ0n) is 24.1. The van der Waals surface area contributed by atoms with Crippen molar-refractivity contribution in [3.8, 4) is 11.4 Å². The Morgan fingerprint density at radius 2 is 1.80 bits per heavy atom. The van der Waals surface area contributed by atoms with E-state index in [0.717, 1.165) is 11.4 Å². The number of carbonyl (C=O) groups is 1. The van der Waals surface area contributed by atoms with Crippen molar-refractivity contribution in [3.63, 3.8) is 0 Å². The SMILES string of the molecule is COc1cc(C(=O)c2cccn(C(CO[Si](C)(C)C(C)(C)C)c3ccc(F)cc3)c2=O)ccc1-n1cnc(C)c1. The van der Waals surface area contributed by atoms with E-state index in [1.807, 2.05) is 17.7 Å². The first-order valence-corrected chi connectivity index (χ1v) is 16.1. The van der Waals surface area contributed by atoms with Crippen LogP contribution in [0.5, 0.6) is 5.75 Å². The van der Waals surface area contributed by atoms with Gasteiger partial charge in [-0.1, -0.05) is 32.9 Å². The van der Waals surface area contributed by atoms with E-state index in [4.69, 9.17) is 9.16 Å². The van der Waals surface area contributed by atoms with Crippen molar-refractivity contribution in [2.75, 3.05) is 13.7 Å². The topological polar surface area (TPSA) is 75.3 Å². The molecular formula is C31H36FN3O4Si. The van der Waals surface area contributed by atoms with Gasteiger partial charge in [0.2, 0.25) is 0 Å². The number of halogens is 1. The summed E-state index contributed by atoms with van der Waals surface area (Å²) >= 11 is 0. The minimum Gasteiger partial charge on any atom is -0.495 e. The zero-order chi connectivity index (χ0) is 29.2. The number of nitrogens with zero attached hydrogens (tertiary/aromatic N) is 3. The molecule has 0 N–H and O–H groups in total. The Kier molecular flexibility index (Phi) is 8.27. The standard InChI is InChI=1S/C31H36FN3O4Si/c1-21-18-34(20-33-21)26-15-12-23(17-28(26)38-5)29(36)25-9-8-16-35(30(25)37)27(22-10-13-24(32)14-11-22)19-39-40(6,7)31(2,3)4/h8-18,20,27H,19H2,1-7H3. The molecule has 0 saturated carbocycles. The normalized spacial score (nSPS) is 12.8. The molecule has 2 aromatic carbocycles. The maximum absolute atomic E-state index is 13.8. The summed E-state index contributed by atoms with van der Waals surface area (Å²) in [5, 5.41) is -0.0379. The van der Waals surface area contributed by atoms with Crippen molar-refractivity contribution >= 4 is 14.1 Å². The zero-order valence-corrected chi connectivity index (χ0v) is 25.1. The van der Waals surface area contributed by atoms with Gasteiger partial charge in [0.25, 0.3) is 5.56 Å². The summed E-state index contributed by atoms with van der Waals surface area (Å²) in [5.41, 5.74) is 2.19. The van der Waals surface area contributed by atoms with Crippen molar-refractivity contribution in [1.82, 2.24) is 14.1 Å². The number of imidazole rings is 1. The second-order valence-corrected chi connectivity index (χ2v) is 16.2. The summed E-state index contributed by atoms with van der Waals surface area (Å²) in [6.07, 6.45) is 5.18. The molecule has 0 aliphatic rings. The summed E-state index contributed by atoms with van der Waals surface area (Å²) in [6.45, 7) is 12.8. The average Bonchev–Trinajstić information content (AvgIpc) is 3.35. The third kappa shape index (κ3) is 6.00. The Hall–Kier alpha value is -3.82. The maximum Gasteiger partial charge on any atom is 0.262 e. The molecule has 0 fully saturated rings. The molecule has 1 unspecified atom stereocenters. The number of hydrogen-bond acceptors (Lipinski definition) is 5. The second-order valence-electron chi connectivity index (χ2n) is 11.4. The van der Waals surface area contributed by atoms with Gasteiger partial charge in [0.1, 0.15) is 11.6 Å². The fourth-order valence-corrected chi connectivity index (χ4v) is 5.20. The smallest absolute Gasteiger partial charge is 0.262 e. The van der Waals surface area contributed by atoms with Crippen LogP contribution < -0.4 is 10.3 Å². The van der Waals surface area contributed by atoms with Crippen LogP contribution in [0.2, 0.25) is 18.1 Å². The van der Waals surface area contributed by atoms with Gasteiger partial charge in [0, 0.05) is 18.0 Å². The minimum absolute atomic E-state index is 0.0233. The van der Waals surface area contributed by atoms with Crippen molar-refractivity contribution in [3.05, 3.63) is 112 Å². The van der Waals surface area contributed by atoms with Crippen LogP contribution in [0.25, 0.3) is 5.69 Å². The molecule has 4 rings (SSSR count). The average molecular weight is 562 g/mol. The summed E-state index contributed by atoms with van der Waals surface area (Å²) in [5.74, 6) is -0.312. The highest BCUT2D eigenvalue weighted by molar-refractivity contribution is 6.74. The van der Waals surface area contributed by atoms with Gasteiger partial charge in [-0.3, -0.25) is 9.59 Å². The van der Waals surface area contributed by atoms with Crippen LogP contribution in [0.4, 0.5) is 4.39 Å². The number of hydrogen-bond donors (Lipinski definition) is 0. The fraction of sp³-hybridized carbons (Fsp3) is 0.323.